The van der Waals surface area contributed by atoms with Crippen LogP contribution in [0.3, 0.4) is 0 Å². The molecule has 8 heteroatoms. The molecule has 3 heterocycles. The predicted molar refractivity (Wildman–Crippen MR) is 86.8 cm³/mol. The minimum absolute atomic E-state index is 0. The number of aromatic nitrogens is 2. The first-order valence-electron chi connectivity index (χ1n) is 6.57. The number of hydrogen-bond acceptors (Lipinski definition) is 4. The molecule has 0 bridgehead atoms. The van der Waals surface area contributed by atoms with Gasteiger partial charge in [0.2, 0.25) is 10.0 Å². The Bertz CT molecular complexity index is 752. The molecule has 116 valence electrons. The number of piperidine rings is 1. The Morgan fingerprint density at radius 2 is 2.14 bits per heavy atom. The molecule has 2 aromatic heterocycles. The van der Waals surface area contributed by atoms with Gasteiger partial charge in [-0.3, -0.25) is 0 Å². The van der Waals surface area contributed by atoms with Crippen LogP contribution in [-0.2, 0) is 10.0 Å². The van der Waals surface area contributed by atoms with Gasteiger partial charge in [-0.2, -0.15) is 0 Å². The minimum atomic E-state index is -3.39. The molecule has 0 aromatic carbocycles. The molecule has 1 saturated heterocycles. The summed E-state index contributed by atoms with van der Waals surface area (Å²) in [7, 11) is -3.39. The largest absolute Gasteiger partial charge is 0.309 e. The standard InChI is InChI=1S/C13H16ClN3O2S.ClH/c1-20(18,19)17-11-7-13(14)16-8-9(11)6-12(17)10-4-2-3-5-15-10;/h6-8,10,15H,2-5H2,1H3;1H/t10-;/m1./s1. The van der Waals surface area contributed by atoms with Crippen molar-refractivity contribution in [1.82, 2.24) is 14.3 Å². The molecule has 0 radical (unpaired) electrons. The van der Waals surface area contributed by atoms with Crippen LogP contribution in [-0.4, -0.2) is 30.2 Å². The molecule has 21 heavy (non-hydrogen) atoms. The second-order valence-electron chi connectivity index (χ2n) is 5.16. The summed E-state index contributed by atoms with van der Waals surface area (Å²) in [5, 5.41) is 4.47. The highest BCUT2D eigenvalue weighted by Gasteiger charge is 2.24. The third-order valence-electron chi connectivity index (χ3n) is 3.63. The van der Waals surface area contributed by atoms with Gasteiger partial charge in [-0.15, -0.1) is 12.4 Å². The molecule has 2 aromatic rings. The first-order valence-corrected chi connectivity index (χ1v) is 8.80. The SMILES string of the molecule is CS(=O)(=O)n1c([C@H]2CCCCN2)cc2cnc(Cl)cc21.Cl. The molecule has 0 unspecified atom stereocenters. The summed E-state index contributed by atoms with van der Waals surface area (Å²) in [4.78, 5) is 4.03. The Labute approximate surface area is 135 Å². The Morgan fingerprint density at radius 3 is 2.76 bits per heavy atom. The molecule has 3 rings (SSSR count). The van der Waals surface area contributed by atoms with E-state index in [9.17, 15) is 8.42 Å². The van der Waals surface area contributed by atoms with Gasteiger partial charge in [0.05, 0.1) is 17.5 Å². The van der Waals surface area contributed by atoms with Gasteiger partial charge >= 0.3 is 0 Å². The van der Waals surface area contributed by atoms with E-state index in [4.69, 9.17) is 11.6 Å². The smallest absolute Gasteiger partial charge is 0.236 e. The molecule has 1 N–H and O–H groups in total. The molecule has 1 atom stereocenters. The van der Waals surface area contributed by atoms with E-state index in [1.165, 1.54) is 10.2 Å². The maximum absolute atomic E-state index is 12.2. The van der Waals surface area contributed by atoms with Crippen molar-refractivity contribution in [2.45, 2.75) is 25.3 Å². The summed E-state index contributed by atoms with van der Waals surface area (Å²) >= 11 is 5.90. The van der Waals surface area contributed by atoms with Crippen molar-refractivity contribution in [2.24, 2.45) is 0 Å². The summed E-state index contributed by atoms with van der Waals surface area (Å²) in [6.45, 7) is 0.912. The van der Waals surface area contributed by atoms with Crippen molar-refractivity contribution in [3.05, 3.63) is 29.2 Å². The Morgan fingerprint density at radius 1 is 1.38 bits per heavy atom. The van der Waals surface area contributed by atoms with Gasteiger partial charge in [0, 0.05) is 23.7 Å². The summed E-state index contributed by atoms with van der Waals surface area (Å²) in [5.41, 5.74) is 1.36. The monoisotopic (exact) mass is 349 g/mol. The average Bonchev–Trinajstić information content (AvgIpc) is 2.78. The number of rotatable bonds is 2. The fraction of sp³-hybridized carbons (Fsp3) is 0.462. The minimum Gasteiger partial charge on any atom is -0.309 e. The lowest BCUT2D eigenvalue weighted by Crippen LogP contribution is -2.29. The molecule has 0 saturated carbocycles. The first-order chi connectivity index (χ1) is 9.47. The van der Waals surface area contributed by atoms with Crippen molar-refractivity contribution in [1.29, 1.82) is 0 Å². The summed E-state index contributed by atoms with van der Waals surface area (Å²) < 4.78 is 25.7. The lowest BCUT2D eigenvalue weighted by atomic mass is 10.0. The van der Waals surface area contributed by atoms with Crippen LogP contribution < -0.4 is 5.32 Å². The predicted octanol–water partition coefficient (Wildman–Crippen LogP) is 2.73. The van der Waals surface area contributed by atoms with Crippen LogP contribution in [0.5, 0.6) is 0 Å². The molecule has 1 aliphatic rings. The quantitative estimate of drug-likeness (QED) is 0.846. The van der Waals surface area contributed by atoms with Gasteiger partial charge in [-0.25, -0.2) is 17.4 Å². The zero-order chi connectivity index (χ0) is 14.3. The number of hydrogen-bond donors (Lipinski definition) is 1. The highest BCUT2D eigenvalue weighted by Crippen LogP contribution is 2.30. The number of fused-ring (bicyclic) bond motifs is 1. The average molecular weight is 350 g/mol. The van der Waals surface area contributed by atoms with E-state index in [1.807, 2.05) is 6.07 Å². The van der Waals surface area contributed by atoms with Crippen LogP contribution in [0, 0.1) is 0 Å². The molecular weight excluding hydrogens is 333 g/mol. The van der Waals surface area contributed by atoms with Gasteiger partial charge in [-0.05, 0) is 25.5 Å². The van der Waals surface area contributed by atoms with Gasteiger partial charge in [0.1, 0.15) is 5.15 Å². The van der Waals surface area contributed by atoms with Crippen LogP contribution >= 0.6 is 24.0 Å². The van der Waals surface area contributed by atoms with Crippen LogP contribution in [0.2, 0.25) is 5.15 Å². The van der Waals surface area contributed by atoms with E-state index in [0.717, 1.165) is 36.9 Å². The van der Waals surface area contributed by atoms with Crippen LogP contribution in [0.25, 0.3) is 10.9 Å². The van der Waals surface area contributed by atoms with Crippen LogP contribution in [0.4, 0.5) is 0 Å². The Balaban J connectivity index is 0.00000161. The number of nitrogens with one attached hydrogen (secondary N) is 1. The van der Waals surface area contributed by atoms with Crippen molar-refractivity contribution in [3.8, 4) is 0 Å². The van der Waals surface area contributed by atoms with Gasteiger partial charge in [0.15, 0.2) is 0 Å². The number of nitrogens with zero attached hydrogens (tertiary/aromatic N) is 2. The second kappa shape index (κ2) is 6.12. The first kappa shape index (κ1) is 16.5. The normalized spacial score (nSPS) is 19.4. The van der Waals surface area contributed by atoms with Gasteiger partial charge in [0.25, 0.3) is 0 Å². The van der Waals surface area contributed by atoms with E-state index in [0.29, 0.717) is 10.7 Å². The zero-order valence-electron chi connectivity index (χ0n) is 11.5. The maximum atomic E-state index is 12.2. The van der Waals surface area contributed by atoms with Gasteiger partial charge < -0.3 is 5.32 Å². The van der Waals surface area contributed by atoms with E-state index in [1.54, 1.807) is 12.3 Å². The van der Waals surface area contributed by atoms with E-state index >= 15 is 0 Å². The lowest BCUT2D eigenvalue weighted by Gasteiger charge is -2.24. The summed E-state index contributed by atoms with van der Waals surface area (Å²) in [5.74, 6) is 0. The third-order valence-corrected chi connectivity index (χ3v) is 4.91. The molecule has 0 aliphatic carbocycles. The Hall–Kier alpha value is -0.820. The molecule has 1 fully saturated rings. The molecule has 1 aliphatic heterocycles. The van der Waals surface area contributed by atoms with Crippen LogP contribution in [0.15, 0.2) is 18.3 Å². The molecule has 0 spiro atoms. The highest BCUT2D eigenvalue weighted by atomic mass is 35.5. The maximum Gasteiger partial charge on any atom is 0.236 e. The van der Waals surface area contributed by atoms with Crippen molar-refractivity contribution >= 4 is 44.9 Å². The van der Waals surface area contributed by atoms with Crippen molar-refractivity contribution < 1.29 is 8.42 Å². The number of pyridine rings is 1. The molecule has 0 amide bonds. The lowest BCUT2D eigenvalue weighted by molar-refractivity contribution is 0.404. The molecular formula is C13H17Cl2N3O2S. The number of halogens is 2. The fourth-order valence-corrected chi connectivity index (χ4v) is 4.02. The highest BCUT2D eigenvalue weighted by molar-refractivity contribution is 7.89. The third kappa shape index (κ3) is 3.18. The van der Waals surface area contributed by atoms with E-state index in [-0.39, 0.29) is 18.4 Å². The summed E-state index contributed by atoms with van der Waals surface area (Å²) in [6, 6.07) is 3.55. The van der Waals surface area contributed by atoms with Crippen molar-refractivity contribution in [3.63, 3.8) is 0 Å². The van der Waals surface area contributed by atoms with Gasteiger partial charge in [-0.1, -0.05) is 18.0 Å². The Kier molecular flexibility index (Phi) is 4.82. The topological polar surface area (TPSA) is 64.0 Å². The van der Waals surface area contributed by atoms with Crippen molar-refractivity contribution in [2.75, 3.05) is 12.8 Å². The zero-order valence-corrected chi connectivity index (χ0v) is 13.9. The van der Waals surface area contributed by atoms with Crippen LogP contribution in [0.1, 0.15) is 31.0 Å². The second-order valence-corrected chi connectivity index (χ2v) is 7.38. The summed E-state index contributed by atoms with van der Waals surface area (Å²) in [6.07, 6.45) is 6.00. The fourth-order valence-electron chi connectivity index (χ4n) is 2.79. The molecule has 5 nitrogen and oxygen atoms in total. The van der Waals surface area contributed by atoms with E-state index < -0.39 is 10.0 Å². The van der Waals surface area contributed by atoms with E-state index in [2.05, 4.69) is 10.3 Å².